The van der Waals surface area contributed by atoms with Gasteiger partial charge in [-0.3, -0.25) is 4.90 Å². The van der Waals surface area contributed by atoms with Crippen LogP contribution in [-0.4, -0.2) is 37.4 Å². The van der Waals surface area contributed by atoms with Crippen molar-refractivity contribution in [3.63, 3.8) is 0 Å². The molecule has 0 bridgehead atoms. The molecule has 0 amide bonds. The first-order valence-electron chi connectivity index (χ1n) is 7.19. The lowest BCUT2D eigenvalue weighted by Crippen LogP contribution is -2.42. The Hall–Kier alpha value is -1.26. The molecule has 1 saturated heterocycles. The Kier molecular flexibility index (Phi) is 3.89. The van der Waals surface area contributed by atoms with Gasteiger partial charge in [-0.05, 0) is 50.2 Å². The number of rotatable bonds is 4. The van der Waals surface area contributed by atoms with Crippen molar-refractivity contribution in [3.05, 3.63) is 23.8 Å². The van der Waals surface area contributed by atoms with Crippen LogP contribution >= 0.6 is 0 Å². The number of nitrogens with zero attached hydrogens (tertiary/aromatic N) is 1. The average molecular weight is 262 g/mol. The third-order valence-corrected chi connectivity index (χ3v) is 3.92. The van der Waals surface area contributed by atoms with E-state index < -0.39 is 0 Å². The lowest BCUT2D eigenvalue weighted by Gasteiger charge is -2.32. The van der Waals surface area contributed by atoms with Crippen LogP contribution in [0.1, 0.15) is 25.3 Å². The number of benzene rings is 1. The van der Waals surface area contributed by atoms with Crippen LogP contribution < -0.4 is 14.8 Å². The summed E-state index contributed by atoms with van der Waals surface area (Å²) in [6.45, 7) is 6.96. The summed E-state index contributed by atoms with van der Waals surface area (Å²) < 4.78 is 10.8. The van der Waals surface area contributed by atoms with Gasteiger partial charge < -0.3 is 14.8 Å². The van der Waals surface area contributed by atoms with Crippen molar-refractivity contribution >= 4 is 0 Å². The van der Waals surface area contributed by atoms with Gasteiger partial charge in [-0.15, -0.1) is 0 Å². The van der Waals surface area contributed by atoms with Crippen LogP contribution in [0.5, 0.6) is 11.5 Å². The zero-order valence-electron chi connectivity index (χ0n) is 11.5. The largest absolute Gasteiger partial charge is 0.454 e. The predicted molar refractivity (Wildman–Crippen MR) is 74.5 cm³/mol. The molecule has 1 aromatic carbocycles. The van der Waals surface area contributed by atoms with Gasteiger partial charge in [0.15, 0.2) is 11.5 Å². The molecule has 1 fully saturated rings. The van der Waals surface area contributed by atoms with Crippen molar-refractivity contribution in [3.8, 4) is 11.5 Å². The van der Waals surface area contributed by atoms with E-state index in [-0.39, 0.29) is 0 Å². The highest BCUT2D eigenvalue weighted by atomic mass is 16.7. The number of hydrogen-bond donors (Lipinski definition) is 1. The van der Waals surface area contributed by atoms with E-state index in [2.05, 4.69) is 29.3 Å². The molecule has 0 atom stereocenters. The molecule has 0 aromatic heterocycles. The second-order valence-corrected chi connectivity index (χ2v) is 5.30. The molecule has 2 heterocycles. The summed E-state index contributed by atoms with van der Waals surface area (Å²) in [6, 6.07) is 6.98. The zero-order valence-corrected chi connectivity index (χ0v) is 11.5. The number of likely N-dealkylation sites (tertiary alicyclic amines) is 1. The van der Waals surface area contributed by atoms with Crippen LogP contribution in [0.4, 0.5) is 0 Å². The molecule has 4 heteroatoms. The Morgan fingerprint density at radius 3 is 2.79 bits per heavy atom. The van der Waals surface area contributed by atoms with Crippen molar-refractivity contribution in [1.29, 1.82) is 0 Å². The predicted octanol–water partition coefficient (Wildman–Crippen LogP) is 1.99. The fourth-order valence-electron chi connectivity index (χ4n) is 2.88. The summed E-state index contributed by atoms with van der Waals surface area (Å²) in [5.41, 5.74) is 1.31. The molecular weight excluding hydrogens is 240 g/mol. The Morgan fingerprint density at radius 2 is 2.00 bits per heavy atom. The first kappa shape index (κ1) is 12.8. The second-order valence-electron chi connectivity index (χ2n) is 5.30. The summed E-state index contributed by atoms with van der Waals surface area (Å²) in [5, 5.41) is 3.54. The summed E-state index contributed by atoms with van der Waals surface area (Å²) >= 11 is 0. The Labute approximate surface area is 114 Å². The molecule has 0 radical (unpaired) electrons. The minimum atomic E-state index is 0.354. The Morgan fingerprint density at radius 1 is 1.21 bits per heavy atom. The van der Waals surface area contributed by atoms with Gasteiger partial charge in [-0.1, -0.05) is 13.0 Å². The number of ether oxygens (including phenoxy) is 2. The molecule has 1 aromatic rings. The van der Waals surface area contributed by atoms with Crippen molar-refractivity contribution in [2.24, 2.45) is 0 Å². The highest BCUT2D eigenvalue weighted by molar-refractivity contribution is 5.44. The van der Waals surface area contributed by atoms with E-state index in [9.17, 15) is 0 Å². The van der Waals surface area contributed by atoms with E-state index in [4.69, 9.17) is 9.47 Å². The maximum Gasteiger partial charge on any atom is 0.231 e. The van der Waals surface area contributed by atoms with Crippen LogP contribution in [0.2, 0.25) is 0 Å². The van der Waals surface area contributed by atoms with Gasteiger partial charge >= 0.3 is 0 Å². The third-order valence-electron chi connectivity index (χ3n) is 3.92. The lowest BCUT2D eigenvalue weighted by atomic mass is 10.0. The Bertz CT molecular complexity index is 428. The van der Waals surface area contributed by atoms with Gasteiger partial charge in [0.1, 0.15) is 0 Å². The van der Waals surface area contributed by atoms with Crippen molar-refractivity contribution in [2.75, 3.05) is 26.4 Å². The smallest absolute Gasteiger partial charge is 0.231 e. The second kappa shape index (κ2) is 5.80. The summed E-state index contributed by atoms with van der Waals surface area (Å²) in [5.74, 6) is 1.76. The summed E-state index contributed by atoms with van der Waals surface area (Å²) in [4.78, 5) is 2.52. The highest BCUT2D eigenvalue weighted by Gasteiger charge is 2.19. The molecular formula is C15H22N2O2. The first-order chi connectivity index (χ1) is 9.35. The van der Waals surface area contributed by atoms with Gasteiger partial charge in [0, 0.05) is 12.6 Å². The van der Waals surface area contributed by atoms with E-state index in [1.807, 2.05) is 6.07 Å². The van der Waals surface area contributed by atoms with E-state index >= 15 is 0 Å². The van der Waals surface area contributed by atoms with Crippen molar-refractivity contribution < 1.29 is 9.47 Å². The summed E-state index contributed by atoms with van der Waals surface area (Å²) in [6.07, 6.45) is 2.50. The SMILES string of the molecule is CCNC1CCN(Cc2ccc3c(c2)OCO3)CC1. The molecule has 19 heavy (non-hydrogen) atoms. The van der Waals surface area contributed by atoms with Crippen LogP contribution in [0, 0.1) is 0 Å². The third kappa shape index (κ3) is 3.01. The van der Waals surface area contributed by atoms with E-state index in [1.165, 1.54) is 31.5 Å². The van der Waals surface area contributed by atoms with Gasteiger partial charge in [-0.25, -0.2) is 0 Å². The fraction of sp³-hybridized carbons (Fsp3) is 0.600. The van der Waals surface area contributed by atoms with Crippen molar-refractivity contribution in [1.82, 2.24) is 10.2 Å². The molecule has 0 saturated carbocycles. The van der Waals surface area contributed by atoms with Gasteiger partial charge in [0.25, 0.3) is 0 Å². The standard InChI is InChI=1S/C15H22N2O2/c1-2-16-13-5-7-17(8-6-13)10-12-3-4-14-15(9-12)19-11-18-14/h3-4,9,13,16H,2,5-8,10-11H2,1H3. The molecule has 0 aliphatic carbocycles. The van der Waals surface area contributed by atoms with E-state index in [0.29, 0.717) is 12.8 Å². The molecule has 3 rings (SSSR count). The molecule has 2 aliphatic heterocycles. The fourth-order valence-corrected chi connectivity index (χ4v) is 2.88. The molecule has 2 aliphatic rings. The molecule has 1 N–H and O–H groups in total. The molecule has 104 valence electrons. The quantitative estimate of drug-likeness (QED) is 0.899. The van der Waals surface area contributed by atoms with Crippen LogP contribution in [0.25, 0.3) is 0 Å². The number of fused-ring (bicyclic) bond motifs is 1. The van der Waals surface area contributed by atoms with Gasteiger partial charge in [0.05, 0.1) is 0 Å². The highest BCUT2D eigenvalue weighted by Crippen LogP contribution is 2.32. The minimum absolute atomic E-state index is 0.354. The maximum absolute atomic E-state index is 5.43. The van der Waals surface area contributed by atoms with E-state index in [0.717, 1.165) is 24.6 Å². The van der Waals surface area contributed by atoms with Gasteiger partial charge in [-0.2, -0.15) is 0 Å². The monoisotopic (exact) mass is 262 g/mol. The normalized spacial score (nSPS) is 19.8. The topological polar surface area (TPSA) is 33.7 Å². The number of nitrogens with one attached hydrogen (secondary N) is 1. The first-order valence-corrected chi connectivity index (χ1v) is 7.19. The van der Waals surface area contributed by atoms with Crippen molar-refractivity contribution in [2.45, 2.75) is 32.4 Å². The maximum atomic E-state index is 5.43. The van der Waals surface area contributed by atoms with E-state index in [1.54, 1.807) is 0 Å². The minimum Gasteiger partial charge on any atom is -0.454 e. The van der Waals surface area contributed by atoms with Crippen LogP contribution in [0.15, 0.2) is 18.2 Å². The zero-order chi connectivity index (χ0) is 13.1. The van der Waals surface area contributed by atoms with Crippen LogP contribution in [-0.2, 0) is 6.54 Å². The molecule has 0 spiro atoms. The summed E-state index contributed by atoms with van der Waals surface area (Å²) in [7, 11) is 0. The average Bonchev–Trinajstić information content (AvgIpc) is 2.89. The Balaban J connectivity index is 1.55. The molecule has 0 unspecified atom stereocenters. The number of hydrogen-bond acceptors (Lipinski definition) is 4. The lowest BCUT2D eigenvalue weighted by molar-refractivity contribution is 0.173. The van der Waals surface area contributed by atoms with Crippen LogP contribution in [0.3, 0.4) is 0 Å². The molecule has 4 nitrogen and oxygen atoms in total. The van der Waals surface area contributed by atoms with Gasteiger partial charge in [0.2, 0.25) is 6.79 Å². The number of piperidine rings is 1.